The predicted molar refractivity (Wildman–Crippen MR) is 107 cm³/mol. The van der Waals surface area contributed by atoms with Gasteiger partial charge in [-0.1, -0.05) is 5.16 Å². The summed E-state index contributed by atoms with van der Waals surface area (Å²) in [4.78, 5) is 26.6. The molecule has 1 aromatic heterocycles. The lowest BCUT2D eigenvalue weighted by Crippen LogP contribution is -2.42. The number of nitrogens with zero attached hydrogens (tertiary/aromatic N) is 3. The number of carbonyl (C=O) groups excluding carboxylic acids is 2. The van der Waals surface area contributed by atoms with Gasteiger partial charge >= 0.3 is 5.97 Å². The van der Waals surface area contributed by atoms with Crippen molar-refractivity contribution in [3.8, 4) is 0 Å². The molecule has 0 bridgehead atoms. The number of likely N-dealkylation sites (tertiary alicyclic amines) is 1. The summed E-state index contributed by atoms with van der Waals surface area (Å²) in [5, 5.41) is 4.28. The van der Waals surface area contributed by atoms with Gasteiger partial charge in [-0.2, -0.15) is 4.31 Å². The number of piperidine rings is 1. The van der Waals surface area contributed by atoms with Crippen LogP contribution in [0.3, 0.4) is 0 Å². The van der Waals surface area contributed by atoms with Gasteiger partial charge in [0, 0.05) is 26.2 Å². The van der Waals surface area contributed by atoms with Gasteiger partial charge < -0.3 is 14.2 Å². The fourth-order valence-electron chi connectivity index (χ4n) is 4.06. The molecule has 0 radical (unpaired) electrons. The minimum Gasteiger partial charge on any atom is -0.466 e. The van der Waals surface area contributed by atoms with Gasteiger partial charge in [0.25, 0.3) is 5.91 Å². The number of sulfonamides is 1. The third kappa shape index (κ3) is 3.81. The molecule has 10 heteroatoms. The molecule has 2 saturated heterocycles. The Morgan fingerprint density at radius 1 is 1.20 bits per heavy atom. The molecule has 2 fully saturated rings. The van der Waals surface area contributed by atoms with E-state index in [1.165, 1.54) is 22.5 Å². The van der Waals surface area contributed by atoms with E-state index in [4.69, 9.17) is 9.26 Å². The van der Waals surface area contributed by atoms with E-state index in [-0.39, 0.29) is 35.6 Å². The van der Waals surface area contributed by atoms with Crippen LogP contribution in [0, 0.1) is 5.92 Å². The molecule has 2 aliphatic rings. The van der Waals surface area contributed by atoms with Crippen molar-refractivity contribution in [3.05, 3.63) is 23.9 Å². The van der Waals surface area contributed by atoms with Crippen molar-refractivity contribution in [3.63, 3.8) is 0 Å². The molecule has 162 valence electrons. The fourth-order valence-corrected chi connectivity index (χ4v) is 5.62. The fraction of sp³-hybridized carbons (Fsp3) is 0.550. The van der Waals surface area contributed by atoms with Gasteiger partial charge in [0.15, 0.2) is 11.3 Å². The minimum atomic E-state index is -3.84. The summed E-state index contributed by atoms with van der Waals surface area (Å²) < 4.78 is 38.1. The average Bonchev–Trinajstić information content (AvgIpc) is 3.43. The van der Waals surface area contributed by atoms with E-state index >= 15 is 0 Å². The normalized spacial score (nSPS) is 20.6. The van der Waals surface area contributed by atoms with E-state index in [0.717, 1.165) is 12.8 Å². The van der Waals surface area contributed by atoms with Crippen LogP contribution in [0.15, 0.2) is 27.6 Å². The molecule has 1 aromatic carbocycles. The smallest absolute Gasteiger partial charge is 0.310 e. The molecule has 1 unspecified atom stereocenters. The molecule has 1 atom stereocenters. The van der Waals surface area contributed by atoms with E-state index in [1.54, 1.807) is 11.8 Å². The Labute approximate surface area is 175 Å². The summed E-state index contributed by atoms with van der Waals surface area (Å²) in [6.07, 6.45) is 3.07. The Hall–Kier alpha value is -2.46. The van der Waals surface area contributed by atoms with Crippen LogP contribution in [0.25, 0.3) is 11.0 Å². The number of benzene rings is 1. The summed E-state index contributed by atoms with van der Waals surface area (Å²) in [5.41, 5.74) is 0.492. The first-order valence-corrected chi connectivity index (χ1v) is 11.7. The Morgan fingerprint density at radius 2 is 1.97 bits per heavy atom. The second kappa shape index (κ2) is 8.35. The molecular formula is C20H25N3O6S. The number of aromatic nitrogens is 1. The maximum atomic E-state index is 13.2. The number of amides is 1. The number of ether oxygens (including phenoxy) is 1. The Kier molecular flexibility index (Phi) is 5.79. The summed E-state index contributed by atoms with van der Waals surface area (Å²) >= 11 is 0. The number of carbonyl (C=O) groups is 2. The van der Waals surface area contributed by atoms with Gasteiger partial charge in [0.2, 0.25) is 10.0 Å². The van der Waals surface area contributed by atoms with Gasteiger partial charge in [-0.25, -0.2) is 8.42 Å². The molecule has 3 heterocycles. The van der Waals surface area contributed by atoms with Crippen molar-refractivity contribution in [1.29, 1.82) is 0 Å². The summed E-state index contributed by atoms with van der Waals surface area (Å²) in [5.74, 6) is -1.09. The number of hydrogen-bond acceptors (Lipinski definition) is 7. The van der Waals surface area contributed by atoms with Gasteiger partial charge in [0.1, 0.15) is 0 Å². The Morgan fingerprint density at radius 3 is 2.70 bits per heavy atom. The molecule has 4 rings (SSSR count). The maximum Gasteiger partial charge on any atom is 0.310 e. The lowest BCUT2D eigenvalue weighted by molar-refractivity contribution is -0.149. The molecule has 0 saturated carbocycles. The van der Waals surface area contributed by atoms with E-state index in [2.05, 4.69) is 5.16 Å². The largest absolute Gasteiger partial charge is 0.466 e. The van der Waals surface area contributed by atoms with E-state index in [9.17, 15) is 18.0 Å². The van der Waals surface area contributed by atoms with Crippen molar-refractivity contribution in [2.45, 2.75) is 37.5 Å². The van der Waals surface area contributed by atoms with E-state index in [1.807, 2.05) is 0 Å². The monoisotopic (exact) mass is 435 g/mol. The minimum absolute atomic E-state index is 0.0539. The molecule has 0 spiro atoms. The first kappa shape index (κ1) is 20.8. The first-order chi connectivity index (χ1) is 14.4. The van der Waals surface area contributed by atoms with Crippen LogP contribution < -0.4 is 0 Å². The zero-order valence-corrected chi connectivity index (χ0v) is 17.7. The number of esters is 1. The molecule has 2 aliphatic heterocycles. The Bertz CT molecular complexity index is 1060. The van der Waals surface area contributed by atoms with E-state index < -0.39 is 15.9 Å². The molecule has 30 heavy (non-hydrogen) atoms. The quantitative estimate of drug-likeness (QED) is 0.661. The van der Waals surface area contributed by atoms with Crippen LogP contribution in [0.4, 0.5) is 0 Å². The third-order valence-electron chi connectivity index (χ3n) is 5.68. The maximum absolute atomic E-state index is 13.2. The van der Waals surface area contributed by atoms with Crippen molar-refractivity contribution in [2.75, 3.05) is 32.8 Å². The van der Waals surface area contributed by atoms with Crippen molar-refractivity contribution < 1.29 is 27.3 Å². The van der Waals surface area contributed by atoms with Crippen LogP contribution in [0.5, 0.6) is 0 Å². The highest BCUT2D eigenvalue weighted by molar-refractivity contribution is 7.89. The van der Waals surface area contributed by atoms with E-state index in [0.29, 0.717) is 43.4 Å². The van der Waals surface area contributed by atoms with Crippen LogP contribution >= 0.6 is 0 Å². The summed E-state index contributed by atoms with van der Waals surface area (Å²) in [7, 11) is -3.84. The zero-order chi connectivity index (χ0) is 21.3. The molecule has 1 amide bonds. The first-order valence-electron chi connectivity index (χ1n) is 10.3. The van der Waals surface area contributed by atoms with Gasteiger partial charge in [0.05, 0.1) is 22.8 Å². The number of hydrogen-bond donors (Lipinski definition) is 0. The number of rotatable bonds is 5. The Balaban J connectivity index is 1.62. The van der Waals surface area contributed by atoms with Gasteiger partial charge in [-0.05, 0) is 50.8 Å². The third-order valence-corrected chi connectivity index (χ3v) is 7.54. The molecular weight excluding hydrogens is 410 g/mol. The van der Waals surface area contributed by atoms with Crippen LogP contribution in [0.2, 0.25) is 0 Å². The second-order valence-electron chi connectivity index (χ2n) is 7.64. The van der Waals surface area contributed by atoms with Crippen molar-refractivity contribution in [1.82, 2.24) is 14.4 Å². The van der Waals surface area contributed by atoms with Gasteiger partial charge in [-0.3, -0.25) is 9.59 Å². The highest BCUT2D eigenvalue weighted by atomic mass is 32.2. The van der Waals surface area contributed by atoms with Crippen molar-refractivity contribution >= 4 is 32.9 Å². The topological polar surface area (TPSA) is 110 Å². The number of fused-ring (bicyclic) bond motifs is 1. The zero-order valence-electron chi connectivity index (χ0n) is 16.9. The van der Waals surface area contributed by atoms with Crippen LogP contribution in [-0.4, -0.2) is 67.4 Å². The molecule has 2 aromatic rings. The van der Waals surface area contributed by atoms with Crippen LogP contribution in [-0.2, 0) is 19.6 Å². The standard InChI is InChI=1S/C20H25N3O6S/c1-2-28-20(25)14-6-5-11-23(13-14)30(26,27)15-7-8-17-16(12-15)18(21-29-17)19(24)22-9-3-4-10-22/h7-8,12,14H,2-6,9-11,13H2,1H3. The van der Waals surface area contributed by atoms with Crippen molar-refractivity contribution in [2.24, 2.45) is 5.92 Å². The average molecular weight is 436 g/mol. The second-order valence-corrected chi connectivity index (χ2v) is 9.58. The lowest BCUT2D eigenvalue weighted by Gasteiger charge is -2.30. The molecule has 0 aliphatic carbocycles. The molecule has 9 nitrogen and oxygen atoms in total. The van der Waals surface area contributed by atoms with Crippen LogP contribution in [0.1, 0.15) is 43.1 Å². The SMILES string of the molecule is CCOC(=O)C1CCCN(S(=O)(=O)c2ccc3onc(C(=O)N4CCCC4)c3c2)C1. The summed E-state index contributed by atoms with van der Waals surface area (Å²) in [6.45, 7) is 3.73. The lowest BCUT2D eigenvalue weighted by atomic mass is 10.0. The highest BCUT2D eigenvalue weighted by Crippen LogP contribution is 2.29. The molecule has 0 N–H and O–H groups in total. The highest BCUT2D eigenvalue weighted by Gasteiger charge is 2.34. The van der Waals surface area contributed by atoms with Gasteiger partial charge in [-0.15, -0.1) is 0 Å². The summed E-state index contributed by atoms with van der Waals surface area (Å²) in [6, 6.07) is 4.40. The predicted octanol–water partition coefficient (Wildman–Crippen LogP) is 2.03.